The van der Waals surface area contributed by atoms with Gasteiger partial charge in [0.15, 0.2) is 0 Å². The molecular formula is C14H30N2O. The SMILES string of the molecule is CCNC(CC(C)CC)C1CN(CC)CCO1. The topological polar surface area (TPSA) is 24.5 Å². The maximum Gasteiger partial charge on any atom is 0.0855 e. The predicted molar refractivity (Wildman–Crippen MR) is 73.4 cm³/mol. The molecule has 1 saturated heterocycles. The Bertz CT molecular complexity index is 199. The van der Waals surface area contributed by atoms with Gasteiger partial charge in [0.05, 0.1) is 12.7 Å². The van der Waals surface area contributed by atoms with Gasteiger partial charge in [0, 0.05) is 19.1 Å². The van der Waals surface area contributed by atoms with Gasteiger partial charge in [-0.25, -0.2) is 0 Å². The van der Waals surface area contributed by atoms with Gasteiger partial charge >= 0.3 is 0 Å². The molecule has 3 unspecified atom stereocenters. The molecule has 1 fully saturated rings. The van der Waals surface area contributed by atoms with Crippen LogP contribution in [0.4, 0.5) is 0 Å². The van der Waals surface area contributed by atoms with Crippen molar-refractivity contribution in [1.29, 1.82) is 0 Å². The molecule has 0 aromatic carbocycles. The average Bonchev–Trinajstić information content (AvgIpc) is 2.38. The number of rotatable bonds is 7. The fraction of sp³-hybridized carbons (Fsp3) is 1.00. The lowest BCUT2D eigenvalue weighted by atomic mass is 9.95. The Morgan fingerprint density at radius 1 is 1.35 bits per heavy atom. The Kier molecular flexibility index (Phi) is 7.09. The van der Waals surface area contributed by atoms with Gasteiger partial charge in [-0.2, -0.15) is 0 Å². The lowest BCUT2D eigenvalue weighted by molar-refractivity contribution is -0.0480. The van der Waals surface area contributed by atoms with Crippen molar-refractivity contribution >= 4 is 0 Å². The lowest BCUT2D eigenvalue weighted by Crippen LogP contribution is -2.52. The molecule has 102 valence electrons. The van der Waals surface area contributed by atoms with Crippen LogP contribution < -0.4 is 5.32 Å². The molecule has 1 heterocycles. The molecule has 1 N–H and O–H groups in total. The summed E-state index contributed by atoms with van der Waals surface area (Å²) in [6.07, 6.45) is 2.86. The molecule has 0 spiro atoms. The first-order valence-corrected chi connectivity index (χ1v) is 7.28. The number of morpholine rings is 1. The Labute approximate surface area is 107 Å². The summed E-state index contributed by atoms with van der Waals surface area (Å²) in [5.74, 6) is 0.777. The lowest BCUT2D eigenvalue weighted by Gasteiger charge is -2.37. The summed E-state index contributed by atoms with van der Waals surface area (Å²) in [7, 11) is 0. The van der Waals surface area contributed by atoms with E-state index in [1.165, 1.54) is 12.8 Å². The predicted octanol–water partition coefficient (Wildman–Crippen LogP) is 2.12. The van der Waals surface area contributed by atoms with Gasteiger partial charge in [-0.15, -0.1) is 0 Å². The Hall–Kier alpha value is -0.120. The number of nitrogens with one attached hydrogen (secondary N) is 1. The number of nitrogens with zero attached hydrogens (tertiary/aromatic N) is 1. The average molecular weight is 242 g/mol. The van der Waals surface area contributed by atoms with E-state index >= 15 is 0 Å². The second-order valence-electron chi connectivity index (χ2n) is 5.22. The molecule has 17 heavy (non-hydrogen) atoms. The molecule has 0 bridgehead atoms. The van der Waals surface area contributed by atoms with Crippen LogP contribution in [0.25, 0.3) is 0 Å². The molecule has 3 atom stereocenters. The van der Waals surface area contributed by atoms with Crippen LogP contribution in [0.5, 0.6) is 0 Å². The highest BCUT2D eigenvalue weighted by Crippen LogP contribution is 2.17. The van der Waals surface area contributed by atoms with Crippen molar-refractivity contribution in [2.24, 2.45) is 5.92 Å². The van der Waals surface area contributed by atoms with Crippen molar-refractivity contribution in [2.45, 2.75) is 52.7 Å². The molecule has 3 heteroatoms. The van der Waals surface area contributed by atoms with Gasteiger partial charge in [0.2, 0.25) is 0 Å². The van der Waals surface area contributed by atoms with E-state index in [1.54, 1.807) is 0 Å². The number of likely N-dealkylation sites (N-methyl/N-ethyl adjacent to an activating group) is 2. The standard InChI is InChI=1S/C14H30N2O/c1-5-12(4)10-13(15-6-2)14-11-16(7-3)8-9-17-14/h12-15H,5-11H2,1-4H3. The highest BCUT2D eigenvalue weighted by atomic mass is 16.5. The van der Waals surface area contributed by atoms with E-state index in [0.29, 0.717) is 12.1 Å². The Balaban J connectivity index is 2.49. The Morgan fingerprint density at radius 2 is 2.12 bits per heavy atom. The smallest absolute Gasteiger partial charge is 0.0855 e. The third kappa shape index (κ3) is 4.94. The van der Waals surface area contributed by atoms with Gasteiger partial charge in [-0.1, -0.05) is 34.1 Å². The highest BCUT2D eigenvalue weighted by molar-refractivity contribution is 4.83. The summed E-state index contributed by atoms with van der Waals surface area (Å²) >= 11 is 0. The minimum Gasteiger partial charge on any atom is -0.374 e. The fourth-order valence-electron chi connectivity index (χ4n) is 2.49. The first-order chi connectivity index (χ1) is 8.21. The first-order valence-electron chi connectivity index (χ1n) is 7.28. The summed E-state index contributed by atoms with van der Waals surface area (Å²) in [4.78, 5) is 2.50. The molecule has 0 saturated carbocycles. The number of ether oxygens (including phenoxy) is 1. The van der Waals surface area contributed by atoms with Crippen molar-refractivity contribution in [3.05, 3.63) is 0 Å². The zero-order chi connectivity index (χ0) is 12.7. The van der Waals surface area contributed by atoms with E-state index in [9.17, 15) is 0 Å². The second kappa shape index (κ2) is 8.06. The Morgan fingerprint density at radius 3 is 2.71 bits per heavy atom. The highest BCUT2D eigenvalue weighted by Gasteiger charge is 2.27. The summed E-state index contributed by atoms with van der Waals surface area (Å²) in [6, 6.07) is 0.518. The van der Waals surface area contributed by atoms with Crippen molar-refractivity contribution < 1.29 is 4.74 Å². The van der Waals surface area contributed by atoms with Crippen LogP contribution >= 0.6 is 0 Å². The molecule has 1 rings (SSSR count). The van der Waals surface area contributed by atoms with Crippen molar-refractivity contribution in [3.63, 3.8) is 0 Å². The van der Waals surface area contributed by atoms with Gasteiger partial charge in [0.25, 0.3) is 0 Å². The monoisotopic (exact) mass is 242 g/mol. The summed E-state index contributed by atoms with van der Waals surface area (Å²) in [5.41, 5.74) is 0. The van der Waals surface area contributed by atoms with E-state index < -0.39 is 0 Å². The number of hydrogen-bond donors (Lipinski definition) is 1. The van der Waals surface area contributed by atoms with E-state index in [0.717, 1.165) is 38.7 Å². The summed E-state index contributed by atoms with van der Waals surface area (Å²) in [5, 5.41) is 3.61. The zero-order valence-electron chi connectivity index (χ0n) is 12.0. The molecule has 1 aliphatic heterocycles. The molecular weight excluding hydrogens is 212 g/mol. The van der Waals surface area contributed by atoms with Crippen LogP contribution in [0, 0.1) is 5.92 Å². The van der Waals surface area contributed by atoms with Gasteiger partial charge in [0.1, 0.15) is 0 Å². The van der Waals surface area contributed by atoms with Crippen LogP contribution in [0.3, 0.4) is 0 Å². The normalized spacial score (nSPS) is 25.8. The fourth-order valence-corrected chi connectivity index (χ4v) is 2.49. The molecule has 0 aliphatic carbocycles. The van der Waals surface area contributed by atoms with Gasteiger partial charge in [-0.3, -0.25) is 4.90 Å². The van der Waals surface area contributed by atoms with Crippen molar-refractivity contribution in [3.8, 4) is 0 Å². The molecule has 3 nitrogen and oxygen atoms in total. The van der Waals surface area contributed by atoms with Crippen molar-refractivity contribution in [1.82, 2.24) is 10.2 Å². The quantitative estimate of drug-likeness (QED) is 0.740. The van der Waals surface area contributed by atoms with Crippen LogP contribution in [0.1, 0.15) is 40.5 Å². The summed E-state index contributed by atoms with van der Waals surface area (Å²) < 4.78 is 5.97. The van der Waals surface area contributed by atoms with Crippen LogP contribution in [-0.2, 0) is 4.74 Å². The zero-order valence-corrected chi connectivity index (χ0v) is 12.0. The number of hydrogen-bond acceptors (Lipinski definition) is 3. The maximum absolute atomic E-state index is 5.97. The third-order valence-electron chi connectivity index (χ3n) is 3.89. The van der Waals surface area contributed by atoms with E-state index in [2.05, 4.69) is 37.9 Å². The van der Waals surface area contributed by atoms with Crippen LogP contribution in [-0.4, -0.2) is 49.8 Å². The molecule has 0 radical (unpaired) electrons. The largest absolute Gasteiger partial charge is 0.374 e. The molecule has 0 amide bonds. The van der Waals surface area contributed by atoms with Crippen LogP contribution in [0.2, 0.25) is 0 Å². The molecule has 0 aromatic rings. The van der Waals surface area contributed by atoms with Gasteiger partial charge < -0.3 is 10.1 Å². The maximum atomic E-state index is 5.97. The summed E-state index contributed by atoms with van der Waals surface area (Å²) in [6.45, 7) is 14.3. The third-order valence-corrected chi connectivity index (χ3v) is 3.89. The van der Waals surface area contributed by atoms with E-state index in [-0.39, 0.29) is 0 Å². The minimum atomic E-state index is 0.373. The molecule has 0 aromatic heterocycles. The van der Waals surface area contributed by atoms with E-state index in [4.69, 9.17) is 4.74 Å². The van der Waals surface area contributed by atoms with E-state index in [1.807, 2.05) is 0 Å². The van der Waals surface area contributed by atoms with Gasteiger partial charge in [-0.05, 0) is 25.4 Å². The van der Waals surface area contributed by atoms with Crippen molar-refractivity contribution in [2.75, 3.05) is 32.8 Å². The minimum absolute atomic E-state index is 0.373. The first kappa shape index (κ1) is 14.9. The van der Waals surface area contributed by atoms with Crippen LogP contribution in [0.15, 0.2) is 0 Å². The molecule has 1 aliphatic rings. The second-order valence-corrected chi connectivity index (χ2v) is 5.22.